The number of fused-ring (bicyclic) bond motifs is 1. The Morgan fingerprint density at radius 2 is 1.97 bits per heavy atom. The Bertz CT molecular complexity index is 1340. The van der Waals surface area contributed by atoms with Crippen LogP contribution in [-0.4, -0.2) is 67.4 Å². The Morgan fingerprint density at radius 3 is 2.65 bits per heavy atom. The predicted octanol–water partition coefficient (Wildman–Crippen LogP) is 2.45. The first-order chi connectivity index (χ1) is 16.2. The van der Waals surface area contributed by atoms with Crippen LogP contribution in [-0.2, 0) is 10.0 Å². The molecule has 1 aromatic carbocycles. The molecule has 10 nitrogen and oxygen atoms in total. The summed E-state index contributed by atoms with van der Waals surface area (Å²) in [4.78, 5) is 22.7. The summed E-state index contributed by atoms with van der Waals surface area (Å²) in [6.45, 7) is 2.72. The van der Waals surface area contributed by atoms with Crippen molar-refractivity contribution >= 4 is 21.1 Å². The maximum atomic E-state index is 13.1. The molecule has 1 aliphatic rings. The number of aromatic nitrogens is 4. The summed E-state index contributed by atoms with van der Waals surface area (Å²) in [6.07, 6.45) is 5.48. The van der Waals surface area contributed by atoms with Gasteiger partial charge >= 0.3 is 0 Å². The van der Waals surface area contributed by atoms with Gasteiger partial charge in [-0.1, -0.05) is 19.3 Å². The number of H-pyrrole nitrogens is 1. The van der Waals surface area contributed by atoms with E-state index in [0.29, 0.717) is 40.4 Å². The molecule has 1 saturated carbocycles. The molecular formula is C23H32N6O4S. The first-order valence-electron chi connectivity index (χ1n) is 11.5. The molecule has 2 aromatic heterocycles. The number of hydrogen-bond acceptors (Lipinski definition) is 7. The van der Waals surface area contributed by atoms with Crippen LogP contribution >= 0.6 is 0 Å². The van der Waals surface area contributed by atoms with Crippen LogP contribution in [0.5, 0.6) is 5.75 Å². The molecule has 4 rings (SSSR count). The summed E-state index contributed by atoms with van der Waals surface area (Å²) in [5.41, 5.74) is 1.95. The van der Waals surface area contributed by atoms with E-state index in [9.17, 15) is 13.2 Å². The number of rotatable bonds is 8. The van der Waals surface area contributed by atoms with E-state index in [1.54, 1.807) is 6.07 Å². The number of nitrogens with one attached hydrogen (secondary N) is 2. The molecule has 11 heteroatoms. The Morgan fingerprint density at radius 1 is 1.24 bits per heavy atom. The Labute approximate surface area is 199 Å². The fraction of sp³-hybridized carbons (Fsp3) is 0.522. The first-order valence-corrected chi connectivity index (χ1v) is 13.0. The van der Waals surface area contributed by atoms with Gasteiger partial charge in [-0.2, -0.15) is 5.10 Å². The van der Waals surface area contributed by atoms with E-state index in [1.807, 2.05) is 30.6 Å². The summed E-state index contributed by atoms with van der Waals surface area (Å²) >= 11 is 0. The van der Waals surface area contributed by atoms with E-state index in [1.165, 1.54) is 25.7 Å². The largest absolute Gasteiger partial charge is 0.496 e. The molecular weight excluding hydrogens is 456 g/mol. The van der Waals surface area contributed by atoms with Gasteiger partial charge in [-0.3, -0.25) is 9.48 Å². The van der Waals surface area contributed by atoms with Crippen LogP contribution in [0.1, 0.15) is 43.8 Å². The van der Waals surface area contributed by atoms with Crippen molar-refractivity contribution in [3.8, 4) is 17.1 Å². The number of ether oxygens (including phenoxy) is 1. The SMILES string of the molecule is COc1cc(S(=O)(=O)NCCN(C)C)ccc1-c1nc2c(C)nn(C3CCCCC3)c2c(=O)[nH]1. The zero-order valence-corrected chi connectivity index (χ0v) is 20.9. The lowest BCUT2D eigenvalue weighted by Gasteiger charge is -2.22. The molecule has 1 aliphatic carbocycles. The zero-order chi connectivity index (χ0) is 24.5. The molecule has 184 valence electrons. The minimum Gasteiger partial charge on any atom is -0.496 e. The van der Waals surface area contributed by atoms with Gasteiger partial charge in [-0.15, -0.1) is 0 Å². The fourth-order valence-corrected chi connectivity index (χ4v) is 5.47. The smallest absolute Gasteiger partial charge is 0.277 e. The van der Waals surface area contributed by atoms with Gasteiger partial charge in [0.25, 0.3) is 5.56 Å². The lowest BCUT2D eigenvalue weighted by molar-refractivity contribution is 0.336. The Hall–Kier alpha value is -2.76. The molecule has 2 heterocycles. The lowest BCUT2D eigenvalue weighted by Crippen LogP contribution is -2.31. The van der Waals surface area contributed by atoms with Crippen molar-refractivity contribution in [2.75, 3.05) is 34.3 Å². The summed E-state index contributed by atoms with van der Waals surface area (Å²) in [6, 6.07) is 4.73. The molecule has 34 heavy (non-hydrogen) atoms. The van der Waals surface area contributed by atoms with Crippen LogP contribution in [0.25, 0.3) is 22.4 Å². The van der Waals surface area contributed by atoms with Crippen molar-refractivity contribution in [2.45, 2.75) is 50.0 Å². The second kappa shape index (κ2) is 9.85. The standard InChI is InChI=1S/C23H32N6O4S/c1-15-20-21(29(27-15)16-8-6-5-7-9-16)23(30)26-22(25-20)18-11-10-17(14-19(18)33-4)34(31,32)24-12-13-28(2)3/h10-11,14,16,24H,5-9,12-13H2,1-4H3,(H,25,26,30). The molecule has 0 saturated heterocycles. The topological polar surface area (TPSA) is 122 Å². The van der Waals surface area contributed by atoms with Crippen molar-refractivity contribution in [3.63, 3.8) is 0 Å². The number of nitrogens with zero attached hydrogens (tertiary/aromatic N) is 4. The third-order valence-electron chi connectivity index (χ3n) is 6.23. The lowest BCUT2D eigenvalue weighted by atomic mass is 9.95. The molecule has 0 spiro atoms. The van der Waals surface area contributed by atoms with E-state index in [0.717, 1.165) is 25.7 Å². The van der Waals surface area contributed by atoms with Crippen LogP contribution in [0, 0.1) is 6.92 Å². The van der Waals surface area contributed by atoms with E-state index < -0.39 is 10.0 Å². The maximum absolute atomic E-state index is 13.1. The first kappa shape index (κ1) is 24.4. The highest BCUT2D eigenvalue weighted by Crippen LogP contribution is 2.33. The predicted molar refractivity (Wildman–Crippen MR) is 131 cm³/mol. The van der Waals surface area contributed by atoms with E-state index in [4.69, 9.17) is 9.72 Å². The van der Waals surface area contributed by atoms with Crippen LogP contribution < -0.4 is 15.0 Å². The van der Waals surface area contributed by atoms with Gasteiger partial charge in [0.05, 0.1) is 29.3 Å². The molecule has 0 atom stereocenters. The quantitative estimate of drug-likeness (QED) is 0.499. The highest BCUT2D eigenvalue weighted by molar-refractivity contribution is 7.89. The van der Waals surface area contributed by atoms with Gasteiger partial charge in [0, 0.05) is 19.2 Å². The van der Waals surface area contributed by atoms with E-state index >= 15 is 0 Å². The van der Waals surface area contributed by atoms with Crippen LogP contribution in [0.3, 0.4) is 0 Å². The van der Waals surface area contributed by atoms with Gasteiger partial charge < -0.3 is 14.6 Å². The average molecular weight is 489 g/mol. The van der Waals surface area contributed by atoms with Crippen LogP contribution in [0.4, 0.5) is 0 Å². The molecule has 0 aliphatic heterocycles. The van der Waals surface area contributed by atoms with Gasteiger partial charge in [-0.05, 0) is 46.0 Å². The number of hydrogen-bond donors (Lipinski definition) is 2. The van der Waals surface area contributed by atoms with E-state index in [2.05, 4.69) is 14.8 Å². The molecule has 3 aromatic rings. The third kappa shape index (κ3) is 4.86. The molecule has 2 N–H and O–H groups in total. The third-order valence-corrected chi connectivity index (χ3v) is 7.69. The molecule has 0 amide bonds. The van der Waals surface area contributed by atoms with Crippen LogP contribution in [0.2, 0.25) is 0 Å². The maximum Gasteiger partial charge on any atom is 0.277 e. The number of aromatic amines is 1. The van der Waals surface area contributed by atoms with Gasteiger partial charge in [0.15, 0.2) is 5.52 Å². The highest BCUT2D eigenvalue weighted by atomic mass is 32.2. The van der Waals surface area contributed by atoms with Gasteiger partial charge in [0.1, 0.15) is 17.1 Å². The highest BCUT2D eigenvalue weighted by Gasteiger charge is 2.24. The minimum atomic E-state index is -3.71. The number of aryl methyl sites for hydroxylation is 1. The average Bonchev–Trinajstić information content (AvgIpc) is 3.15. The van der Waals surface area contributed by atoms with Crippen molar-refractivity contribution in [2.24, 2.45) is 0 Å². The Balaban J connectivity index is 1.71. The van der Waals surface area contributed by atoms with Crippen molar-refractivity contribution in [1.82, 2.24) is 29.4 Å². The summed E-state index contributed by atoms with van der Waals surface area (Å²) in [7, 11) is 1.49. The number of methoxy groups -OCH3 is 1. The minimum absolute atomic E-state index is 0.0802. The van der Waals surface area contributed by atoms with Crippen molar-refractivity contribution in [3.05, 3.63) is 34.2 Å². The zero-order valence-electron chi connectivity index (χ0n) is 20.1. The summed E-state index contributed by atoms with van der Waals surface area (Å²) in [5.74, 6) is 0.612. The second-order valence-electron chi connectivity index (χ2n) is 9.00. The molecule has 0 radical (unpaired) electrons. The number of benzene rings is 1. The molecule has 1 fully saturated rings. The summed E-state index contributed by atoms with van der Waals surface area (Å²) < 4.78 is 35.3. The van der Waals surface area contributed by atoms with Crippen molar-refractivity contribution < 1.29 is 13.2 Å². The fourth-order valence-electron chi connectivity index (χ4n) is 4.43. The van der Waals surface area contributed by atoms with Crippen molar-refractivity contribution in [1.29, 1.82) is 0 Å². The normalized spacial score (nSPS) is 15.3. The second-order valence-corrected chi connectivity index (χ2v) is 10.8. The van der Waals surface area contributed by atoms with E-state index in [-0.39, 0.29) is 23.0 Å². The number of likely N-dealkylation sites (N-methyl/N-ethyl adjacent to an activating group) is 1. The molecule has 0 unspecified atom stereocenters. The van der Waals surface area contributed by atoms with Gasteiger partial charge in [-0.25, -0.2) is 18.1 Å². The van der Waals surface area contributed by atoms with Crippen LogP contribution in [0.15, 0.2) is 27.9 Å². The monoisotopic (exact) mass is 488 g/mol. The molecule has 0 bridgehead atoms. The number of sulfonamides is 1. The summed E-state index contributed by atoms with van der Waals surface area (Å²) in [5, 5.41) is 4.65. The Kier molecular flexibility index (Phi) is 7.06. The van der Waals surface area contributed by atoms with Gasteiger partial charge in [0.2, 0.25) is 10.0 Å².